The fourth-order valence-electron chi connectivity index (χ4n) is 2.10. The first kappa shape index (κ1) is 13.9. The van der Waals surface area contributed by atoms with Crippen molar-refractivity contribution in [3.63, 3.8) is 0 Å². The highest BCUT2D eigenvalue weighted by atomic mass is 16.5. The van der Waals surface area contributed by atoms with E-state index in [1.54, 1.807) is 0 Å². The molecule has 1 fully saturated rings. The minimum Gasteiger partial charge on any atom is -0.494 e. The molecule has 1 heterocycles. The molecular formula is C15H22N2O2. The Morgan fingerprint density at radius 3 is 2.63 bits per heavy atom. The van der Waals surface area contributed by atoms with Gasteiger partial charge in [0.1, 0.15) is 5.75 Å². The van der Waals surface area contributed by atoms with E-state index in [4.69, 9.17) is 4.74 Å². The van der Waals surface area contributed by atoms with E-state index in [0.29, 0.717) is 19.1 Å². The maximum absolute atomic E-state index is 12.0. The molecule has 0 bridgehead atoms. The molecule has 1 atom stereocenters. The summed E-state index contributed by atoms with van der Waals surface area (Å²) in [5, 5.41) is 6.19. The Labute approximate surface area is 114 Å². The summed E-state index contributed by atoms with van der Waals surface area (Å²) in [6, 6.07) is 7.84. The van der Waals surface area contributed by atoms with Crippen LogP contribution in [-0.2, 0) is 11.3 Å². The van der Waals surface area contributed by atoms with E-state index in [0.717, 1.165) is 24.4 Å². The topological polar surface area (TPSA) is 50.4 Å². The molecule has 4 nitrogen and oxygen atoms in total. The molecule has 19 heavy (non-hydrogen) atoms. The van der Waals surface area contributed by atoms with Crippen molar-refractivity contribution in [2.45, 2.75) is 20.4 Å². The van der Waals surface area contributed by atoms with E-state index in [1.165, 1.54) is 0 Å². The summed E-state index contributed by atoms with van der Waals surface area (Å²) in [6.07, 6.45) is 0. The number of carbonyl (C=O) groups is 1. The third-order valence-electron chi connectivity index (χ3n) is 3.63. The van der Waals surface area contributed by atoms with Gasteiger partial charge in [0.05, 0.1) is 6.61 Å². The van der Waals surface area contributed by atoms with Crippen LogP contribution >= 0.6 is 0 Å². The zero-order valence-corrected chi connectivity index (χ0v) is 11.6. The lowest BCUT2D eigenvalue weighted by atomic mass is 9.88. The zero-order chi connectivity index (χ0) is 13.7. The van der Waals surface area contributed by atoms with Crippen molar-refractivity contribution < 1.29 is 9.53 Å². The maximum atomic E-state index is 12.0. The number of hydrogen-bond acceptors (Lipinski definition) is 3. The SMILES string of the molecule is CCOc1ccc(CNC(=O)C(C)C2CNC2)cc1. The molecule has 0 radical (unpaired) electrons. The van der Waals surface area contributed by atoms with Gasteiger partial charge in [0, 0.05) is 12.5 Å². The molecule has 1 unspecified atom stereocenters. The minimum atomic E-state index is 0.0870. The molecule has 104 valence electrons. The second-order valence-electron chi connectivity index (χ2n) is 5.00. The Kier molecular flexibility index (Phi) is 4.80. The summed E-state index contributed by atoms with van der Waals surface area (Å²) in [7, 11) is 0. The Morgan fingerprint density at radius 1 is 1.42 bits per heavy atom. The quantitative estimate of drug-likeness (QED) is 0.818. The van der Waals surface area contributed by atoms with Gasteiger partial charge < -0.3 is 15.4 Å². The highest BCUT2D eigenvalue weighted by molar-refractivity contribution is 5.78. The molecule has 0 aliphatic carbocycles. The Bertz CT molecular complexity index is 413. The number of benzene rings is 1. The molecule has 4 heteroatoms. The van der Waals surface area contributed by atoms with Crippen LogP contribution in [0.25, 0.3) is 0 Å². The number of rotatable bonds is 6. The predicted molar refractivity (Wildman–Crippen MR) is 75.0 cm³/mol. The summed E-state index contributed by atoms with van der Waals surface area (Å²) in [5.41, 5.74) is 1.09. The van der Waals surface area contributed by atoms with Crippen molar-refractivity contribution in [1.82, 2.24) is 10.6 Å². The smallest absolute Gasteiger partial charge is 0.223 e. The summed E-state index contributed by atoms with van der Waals surface area (Å²) in [4.78, 5) is 12.0. The first-order valence-corrected chi connectivity index (χ1v) is 6.91. The van der Waals surface area contributed by atoms with Crippen LogP contribution in [-0.4, -0.2) is 25.6 Å². The van der Waals surface area contributed by atoms with E-state index in [9.17, 15) is 4.79 Å². The fourth-order valence-corrected chi connectivity index (χ4v) is 2.10. The Morgan fingerprint density at radius 2 is 2.11 bits per heavy atom. The largest absolute Gasteiger partial charge is 0.494 e. The number of ether oxygens (including phenoxy) is 1. The normalized spacial score (nSPS) is 16.5. The van der Waals surface area contributed by atoms with Gasteiger partial charge in [-0.2, -0.15) is 0 Å². The molecule has 0 spiro atoms. The molecule has 1 aliphatic rings. The highest BCUT2D eigenvalue weighted by Gasteiger charge is 2.28. The lowest BCUT2D eigenvalue weighted by molar-refractivity contribution is -0.126. The van der Waals surface area contributed by atoms with Crippen LogP contribution in [0, 0.1) is 11.8 Å². The predicted octanol–water partition coefficient (Wildman–Crippen LogP) is 1.56. The van der Waals surface area contributed by atoms with E-state index in [2.05, 4.69) is 10.6 Å². The molecule has 1 aromatic carbocycles. The molecule has 2 rings (SSSR count). The van der Waals surface area contributed by atoms with E-state index in [-0.39, 0.29) is 11.8 Å². The number of amides is 1. The van der Waals surface area contributed by atoms with Gasteiger partial charge in [0.15, 0.2) is 0 Å². The van der Waals surface area contributed by atoms with Gasteiger partial charge in [-0.25, -0.2) is 0 Å². The van der Waals surface area contributed by atoms with Gasteiger partial charge in [-0.15, -0.1) is 0 Å². The highest BCUT2D eigenvalue weighted by Crippen LogP contribution is 2.16. The second-order valence-corrected chi connectivity index (χ2v) is 5.00. The van der Waals surface area contributed by atoms with Gasteiger partial charge in [-0.1, -0.05) is 19.1 Å². The monoisotopic (exact) mass is 262 g/mol. The summed E-state index contributed by atoms with van der Waals surface area (Å²) < 4.78 is 5.38. The molecule has 1 aliphatic heterocycles. The molecule has 1 aromatic rings. The van der Waals surface area contributed by atoms with Crippen molar-refractivity contribution >= 4 is 5.91 Å². The molecule has 1 saturated heterocycles. The van der Waals surface area contributed by atoms with Crippen molar-refractivity contribution in [1.29, 1.82) is 0 Å². The van der Waals surface area contributed by atoms with Crippen molar-refractivity contribution in [3.8, 4) is 5.75 Å². The summed E-state index contributed by atoms with van der Waals surface area (Å²) in [6.45, 7) is 7.12. The maximum Gasteiger partial charge on any atom is 0.223 e. The third-order valence-corrected chi connectivity index (χ3v) is 3.63. The van der Waals surface area contributed by atoms with E-state index in [1.807, 2.05) is 38.1 Å². The summed E-state index contributed by atoms with van der Waals surface area (Å²) in [5.74, 6) is 1.58. The molecular weight excluding hydrogens is 240 g/mol. The zero-order valence-electron chi connectivity index (χ0n) is 11.6. The summed E-state index contributed by atoms with van der Waals surface area (Å²) >= 11 is 0. The van der Waals surface area contributed by atoms with Gasteiger partial charge in [-0.3, -0.25) is 4.79 Å². The van der Waals surface area contributed by atoms with E-state index >= 15 is 0 Å². The fraction of sp³-hybridized carbons (Fsp3) is 0.533. The molecule has 0 aromatic heterocycles. The van der Waals surface area contributed by atoms with Crippen molar-refractivity contribution in [2.75, 3.05) is 19.7 Å². The number of hydrogen-bond donors (Lipinski definition) is 2. The van der Waals surface area contributed by atoms with Crippen molar-refractivity contribution in [3.05, 3.63) is 29.8 Å². The first-order valence-electron chi connectivity index (χ1n) is 6.91. The third kappa shape index (κ3) is 3.70. The van der Waals surface area contributed by atoms with E-state index < -0.39 is 0 Å². The van der Waals surface area contributed by atoms with Gasteiger partial charge in [0.2, 0.25) is 5.91 Å². The van der Waals surface area contributed by atoms with Crippen molar-refractivity contribution in [2.24, 2.45) is 11.8 Å². The average Bonchev–Trinajstić information content (AvgIpc) is 2.36. The van der Waals surface area contributed by atoms with Gasteiger partial charge in [0.25, 0.3) is 0 Å². The molecule has 0 saturated carbocycles. The minimum absolute atomic E-state index is 0.0870. The van der Waals surface area contributed by atoms with Gasteiger partial charge >= 0.3 is 0 Å². The lowest BCUT2D eigenvalue weighted by Gasteiger charge is -2.31. The van der Waals surface area contributed by atoms with Crippen LogP contribution in [0.15, 0.2) is 24.3 Å². The lowest BCUT2D eigenvalue weighted by Crippen LogP contribution is -2.49. The second kappa shape index (κ2) is 6.57. The average molecular weight is 262 g/mol. The van der Waals surface area contributed by atoms with Crippen LogP contribution in [0.3, 0.4) is 0 Å². The first-order chi connectivity index (χ1) is 9.20. The van der Waals surface area contributed by atoms with Crippen LogP contribution in [0.5, 0.6) is 5.75 Å². The van der Waals surface area contributed by atoms with Gasteiger partial charge in [-0.05, 0) is 43.6 Å². The van der Waals surface area contributed by atoms with Crippen LogP contribution < -0.4 is 15.4 Å². The Balaban J connectivity index is 1.79. The number of carbonyl (C=O) groups excluding carboxylic acids is 1. The standard InChI is InChI=1S/C15H22N2O2/c1-3-19-14-6-4-12(5-7-14)8-17-15(18)11(2)13-9-16-10-13/h4-7,11,13,16H,3,8-10H2,1-2H3,(H,17,18). The molecule has 1 amide bonds. The van der Waals surface area contributed by atoms with Crippen LogP contribution in [0.1, 0.15) is 19.4 Å². The van der Waals surface area contributed by atoms with Crippen LogP contribution in [0.4, 0.5) is 0 Å². The Hall–Kier alpha value is -1.55. The number of nitrogens with one attached hydrogen (secondary N) is 2. The molecule has 2 N–H and O–H groups in total. The van der Waals surface area contributed by atoms with Crippen LogP contribution in [0.2, 0.25) is 0 Å².